The zero-order valence-corrected chi connectivity index (χ0v) is 14.6. The fourth-order valence-electron chi connectivity index (χ4n) is 2.64. The van der Waals surface area contributed by atoms with E-state index in [1.54, 1.807) is 0 Å². The van der Waals surface area contributed by atoms with Crippen LogP contribution in [0.2, 0.25) is 0 Å². The number of fused-ring (bicyclic) bond motifs is 1. The third-order valence-corrected chi connectivity index (χ3v) is 4.15. The monoisotopic (exact) mass is 320 g/mol. The van der Waals surface area contributed by atoms with Gasteiger partial charge in [-0.15, -0.1) is 0 Å². The molecular formula is C18H28N2O3. The average Bonchev–Trinajstić information content (AvgIpc) is 2.45. The molecule has 0 aromatic heterocycles. The molecule has 0 fully saturated rings. The van der Waals surface area contributed by atoms with Gasteiger partial charge >= 0.3 is 5.97 Å². The predicted molar refractivity (Wildman–Crippen MR) is 92.2 cm³/mol. The van der Waals surface area contributed by atoms with Gasteiger partial charge in [-0.2, -0.15) is 0 Å². The van der Waals surface area contributed by atoms with E-state index in [9.17, 15) is 9.90 Å². The normalized spacial score (nSPS) is 15.7. The number of benzene rings is 1. The fraction of sp³-hybridized carbons (Fsp3) is 0.611. The summed E-state index contributed by atoms with van der Waals surface area (Å²) in [5, 5.41) is 12.5. The molecule has 128 valence electrons. The Kier molecular flexibility index (Phi) is 5.52. The van der Waals surface area contributed by atoms with Gasteiger partial charge in [0.25, 0.3) is 0 Å². The zero-order valence-electron chi connectivity index (χ0n) is 14.6. The summed E-state index contributed by atoms with van der Waals surface area (Å²) >= 11 is 0. The summed E-state index contributed by atoms with van der Waals surface area (Å²) in [5.74, 6) is 0.0859. The van der Waals surface area contributed by atoms with Gasteiger partial charge in [0.05, 0.1) is 12.2 Å². The number of carboxylic acid groups (broad SMARTS) is 1. The number of carbonyl (C=O) groups is 1. The maximum atomic E-state index is 11.4. The Hall–Kier alpha value is -1.75. The smallest absolute Gasteiger partial charge is 0.320 e. The molecule has 0 amide bonds. The number of ether oxygens (including phenoxy) is 1. The Morgan fingerprint density at radius 1 is 1.43 bits per heavy atom. The highest BCUT2D eigenvalue weighted by molar-refractivity contribution is 5.73. The minimum atomic E-state index is -0.789. The van der Waals surface area contributed by atoms with E-state index in [4.69, 9.17) is 4.74 Å². The molecule has 1 atom stereocenters. The van der Waals surface area contributed by atoms with E-state index in [2.05, 4.69) is 31.0 Å². The van der Waals surface area contributed by atoms with Crippen LogP contribution in [0.3, 0.4) is 0 Å². The maximum Gasteiger partial charge on any atom is 0.320 e. The van der Waals surface area contributed by atoms with Crippen LogP contribution in [-0.2, 0) is 11.3 Å². The van der Waals surface area contributed by atoms with Gasteiger partial charge in [0.2, 0.25) is 0 Å². The summed E-state index contributed by atoms with van der Waals surface area (Å²) < 4.78 is 5.70. The van der Waals surface area contributed by atoms with Gasteiger partial charge in [-0.05, 0) is 36.0 Å². The summed E-state index contributed by atoms with van der Waals surface area (Å²) in [6, 6.07) is 5.55. The van der Waals surface area contributed by atoms with Crippen LogP contribution in [0.1, 0.15) is 39.2 Å². The van der Waals surface area contributed by atoms with Crippen LogP contribution < -0.4 is 15.0 Å². The van der Waals surface area contributed by atoms with E-state index in [0.29, 0.717) is 19.6 Å². The molecule has 0 saturated heterocycles. The van der Waals surface area contributed by atoms with E-state index >= 15 is 0 Å². The molecule has 1 aromatic carbocycles. The third kappa shape index (κ3) is 5.13. The lowest BCUT2D eigenvalue weighted by molar-refractivity contribution is -0.139. The van der Waals surface area contributed by atoms with Crippen LogP contribution in [0, 0.1) is 5.41 Å². The lowest BCUT2D eigenvalue weighted by Crippen LogP contribution is -2.37. The molecule has 0 saturated carbocycles. The molecular weight excluding hydrogens is 292 g/mol. The molecule has 2 N–H and O–H groups in total. The summed E-state index contributed by atoms with van der Waals surface area (Å²) in [6.07, 6.45) is 1.50. The Bertz CT molecular complexity index is 552. The predicted octanol–water partition coefficient (Wildman–Crippen LogP) is 2.88. The van der Waals surface area contributed by atoms with Crippen molar-refractivity contribution in [1.82, 2.24) is 5.32 Å². The van der Waals surface area contributed by atoms with E-state index in [-0.39, 0.29) is 5.41 Å². The first kappa shape index (κ1) is 17.6. The van der Waals surface area contributed by atoms with E-state index < -0.39 is 12.0 Å². The molecule has 1 aliphatic heterocycles. The van der Waals surface area contributed by atoms with Crippen LogP contribution >= 0.6 is 0 Å². The Labute approximate surface area is 138 Å². The van der Waals surface area contributed by atoms with Gasteiger partial charge in [-0.1, -0.05) is 26.8 Å². The molecule has 0 spiro atoms. The first-order valence-corrected chi connectivity index (χ1v) is 8.19. The van der Waals surface area contributed by atoms with Crippen molar-refractivity contribution in [1.29, 1.82) is 0 Å². The van der Waals surface area contributed by atoms with E-state index in [1.165, 1.54) is 0 Å². The average molecular weight is 320 g/mol. The summed E-state index contributed by atoms with van der Waals surface area (Å²) in [4.78, 5) is 13.6. The molecule has 0 unspecified atom stereocenters. The first-order chi connectivity index (χ1) is 10.8. The van der Waals surface area contributed by atoms with Gasteiger partial charge in [-0.25, -0.2) is 0 Å². The summed E-state index contributed by atoms with van der Waals surface area (Å²) in [7, 11) is 2.05. The first-order valence-electron chi connectivity index (χ1n) is 8.19. The Balaban J connectivity index is 1.96. The van der Waals surface area contributed by atoms with Crippen molar-refractivity contribution >= 4 is 11.7 Å². The van der Waals surface area contributed by atoms with Crippen LogP contribution in [0.4, 0.5) is 5.69 Å². The minimum absolute atomic E-state index is 0.139. The van der Waals surface area contributed by atoms with Gasteiger partial charge in [0, 0.05) is 13.6 Å². The number of hydrogen-bond acceptors (Lipinski definition) is 4. The molecule has 0 bridgehead atoms. The number of rotatable bonds is 6. The van der Waals surface area contributed by atoms with Crippen molar-refractivity contribution in [2.75, 3.05) is 25.1 Å². The Morgan fingerprint density at radius 2 is 2.17 bits per heavy atom. The summed E-state index contributed by atoms with van der Waals surface area (Å²) in [5.41, 5.74) is 2.27. The van der Waals surface area contributed by atoms with Gasteiger partial charge in [0.1, 0.15) is 18.4 Å². The number of aliphatic carboxylic acids is 1. The standard InChI is InChI=1S/C18H28N2O3/c1-18(2,3)8-7-14(17(21)22)19-12-13-5-6-15-16(11-13)23-10-9-20(15)4/h5-6,11,14,19H,7-10,12H2,1-4H3,(H,21,22)/t14-/m0/s1. The second-order valence-corrected chi connectivity index (χ2v) is 7.44. The van der Waals surface area contributed by atoms with Crippen molar-refractivity contribution in [2.45, 2.75) is 46.2 Å². The number of carboxylic acids is 1. The SMILES string of the molecule is CN1CCOc2cc(CN[C@@H](CCC(C)(C)C)C(=O)O)ccc21. The van der Waals surface area contributed by atoms with E-state index in [1.807, 2.05) is 25.2 Å². The maximum absolute atomic E-state index is 11.4. The third-order valence-electron chi connectivity index (χ3n) is 4.15. The van der Waals surface area contributed by atoms with Crippen molar-refractivity contribution in [3.63, 3.8) is 0 Å². The lowest BCUT2D eigenvalue weighted by atomic mass is 9.88. The summed E-state index contributed by atoms with van der Waals surface area (Å²) in [6.45, 7) is 8.49. The van der Waals surface area contributed by atoms with Crippen molar-refractivity contribution in [2.24, 2.45) is 5.41 Å². The lowest BCUT2D eigenvalue weighted by Gasteiger charge is -2.28. The fourth-order valence-corrected chi connectivity index (χ4v) is 2.64. The highest BCUT2D eigenvalue weighted by Gasteiger charge is 2.21. The molecule has 1 aromatic rings. The van der Waals surface area contributed by atoms with Crippen molar-refractivity contribution in [3.05, 3.63) is 23.8 Å². The highest BCUT2D eigenvalue weighted by atomic mass is 16.5. The van der Waals surface area contributed by atoms with Crippen LogP contribution in [0.5, 0.6) is 5.75 Å². The second-order valence-electron chi connectivity index (χ2n) is 7.44. The van der Waals surface area contributed by atoms with Crippen molar-refractivity contribution < 1.29 is 14.6 Å². The van der Waals surface area contributed by atoms with Crippen LogP contribution in [-0.4, -0.2) is 37.3 Å². The molecule has 23 heavy (non-hydrogen) atoms. The molecule has 0 aliphatic carbocycles. The van der Waals surface area contributed by atoms with Gasteiger partial charge < -0.3 is 20.1 Å². The molecule has 1 aliphatic rings. The molecule has 2 rings (SSSR count). The van der Waals surface area contributed by atoms with E-state index in [0.717, 1.165) is 30.0 Å². The number of nitrogens with zero attached hydrogens (tertiary/aromatic N) is 1. The highest BCUT2D eigenvalue weighted by Crippen LogP contribution is 2.31. The number of hydrogen-bond donors (Lipinski definition) is 2. The topological polar surface area (TPSA) is 61.8 Å². The van der Waals surface area contributed by atoms with Gasteiger partial charge in [0.15, 0.2) is 0 Å². The quantitative estimate of drug-likeness (QED) is 0.844. The van der Waals surface area contributed by atoms with Gasteiger partial charge in [-0.3, -0.25) is 4.79 Å². The van der Waals surface area contributed by atoms with Crippen LogP contribution in [0.25, 0.3) is 0 Å². The molecule has 5 nitrogen and oxygen atoms in total. The zero-order chi connectivity index (χ0) is 17.0. The number of nitrogens with one attached hydrogen (secondary N) is 1. The second kappa shape index (κ2) is 7.21. The van der Waals surface area contributed by atoms with Crippen molar-refractivity contribution in [3.8, 4) is 5.75 Å². The largest absolute Gasteiger partial charge is 0.490 e. The molecule has 5 heteroatoms. The minimum Gasteiger partial charge on any atom is -0.490 e. The number of anilines is 1. The Morgan fingerprint density at radius 3 is 2.83 bits per heavy atom. The molecule has 0 radical (unpaired) electrons. The molecule has 1 heterocycles. The van der Waals surface area contributed by atoms with Crippen LogP contribution in [0.15, 0.2) is 18.2 Å². The number of likely N-dealkylation sites (N-methyl/N-ethyl adjacent to an activating group) is 1.